The van der Waals surface area contributed by atoms with E-state index in [2.05, 4.69) is 30.7 Å². The van der Waals surface area contributed by atoms with E-state index in [1.54, 1.807) is 0 Å². The number of carbonyl (C=O) groups excluding carboxylic acids is 1. The molecule has 94 valence electrons. The molecule has 2 aliphatic heterocycles. The van der Waals surface area contributed by atoms with Crippen LogP contribution in [-0.2, 0) is 4.79 Å². The molecule has 2 heterocycles. The Morgan fingerprint density at radius 3 is 2.38 bits per heavy atom. The zero-order valence-electron chi connectivity index (χ0n) is 11.4. The average Bonchev–Trinajstić information content (AvgIpc) is 2.70. The Labute approximate surface area is 99.8 Å². The van der Waals surface area contributed by atoms with Gasteiger partial charge in [0, 0.05) is 32.1 Å². The summed E-state index contributed by atoms with van der Waals surface area (Å²) in [6, 6.07) is 0. The molecule has 0 saturated carbocycles. The molecule has 2 fully saturated rings. The molecule has 0 spiro atoms. The summed E-state index contributed by atoms with van der Waals surface area (Å²) in [6.45, 7) is 12.4. The van der Waals surface area contributed by atoms with Gasteiger partial charge < -0.3 is 9.80 Å². The standard InChI is InChI=1S/C11H20N2O.C2H6/c1-8(2)4-13-6-9-5-12(3)7-10(9)11(13)14;1-2/h8-10H,4-7H2,1-3H3;1-2H3/t9-,10-;/m0./s1. The van der Waals surface area contributed by atoms with Crippen molar-refractivity contribution in [3.8, 4) is 0 Å². The summed E-state index contributed by atoms with van der Waals surface area (Å²) in [5, 5.41) is 0. The Bertz CT molecular complexity index is 240. The van der Waals surface area contributed by atoms with Crippen LogP contribution in [0.3, 0.4) is 0 Å². The maximum Gasteiger partial charge on any atom is 0.227 e. The fourth-order valence-electron chi connectivity index (χ4n) is 2.76. The van der Waals surface area contributed by atoms with Crippen LogP contribution in [-0.4, -0.2) is 48.9 Å². The first-order chi connectivity index (χ1) is 7.58. The Kier molecular flexibility index (Phi) is 4.78. The van der Waals surface area contributed by atoms with Crippen molar-refractivity contribution in [3.05, 3.63) is 0 Å². The van der Waals surface area contributed by atoms with E-state index in [4.69, 9.17) is 0 Å². The third-order valence-corrected chi connectivity index (χ3v) is 3.29. The highest BCUT2D eigenvalue weighted by Gasteiger charge is 2.44. The van der Waals surface area contributed by atoms with E-state index in [9.17, 15) is 4.79 Å². The van der Waals surface area contributed by atoms with E-state index in [0.29, 0.717) is 23.7 Å². The lowest BCUT2D eigenvalue weighted by Gasteiger charge is -2.21. The summed E-state index contributed by atoms with van der Waals surface area (Å²) in [5.41, 5.74) is 0. The van der Waals surface area contributed by atoms with Crippen LogP contribution in [0.1, 0.15) is 27.7 Å². The summed E-state index contributed by atoms with van der Waals surface area (Å²) in [6.07, 6.45) is 0. The highest BCUT2D eigenvalue weighted by molar-refractivity contribution is 5.82. The Morgan fingerprint density at radius 1 is 1.25 bits per heavy atom. The largest absolute Gasteiger partial charge is 0.342 e. The minimum absolute atomic E-state index is 0.304. The van der Waals surface area contributed by atoms with Gasteiger partial charge in [-0.1, -0.05) is 27.7 Å². The summed E-state index contributed by atoms with van der Waals surface area (Å²) in [7, 11) is 2.11. The second kappa shape index (κ2) is 5.67. The number of likely N-dealkylation sites (tertiary alicyclic amines) is 2. The number of hydrogen-bond donors (Lipinski definition) is 0. The second-order valence-corrected chi connectivity index (χ2v) is 5.22. The highest BCUT2D eigenvalue weighted by atomic mass is 16.2. The van der Waals surface area contributed by atoms with Crippen molar-refractivity contribution in [2.24, 2.45) is 17.8 Å². The molecule has 3 nitrogen and oxygen atoms in total. The fraction of sp³-hybridized carbons (Fsp3) is 0.923. The molecule has 0 aliphatic carbocycles. The average molecular weight is 226 g/mol. The quantitative estimate of drug-likeness (QED) is 0.715. The Morgan fingerprint density at radius 2 is 1.88 bits per heavy atom. The summed E-state index contributed by atoms with van der Waals surface area (Å²) in [4.78, 5) is 16.3. The number of rotatable bonds is 2. The summed E-state index contributed by atoms with van der Waals surface area (Å²) < 4.78 is 0. The number of hydrogen-bond acceptors (Lipinski definition) is 2. The molecule has 2 rings (SSSR count). The van der Waals surface area contributed by atoms with Crippen molar-refractivity contribution in [2.45, 2.75) is 27.7 Å². The van der Waals surface area contributed by atoms with Gasteiger partial charge in [-0.3, -0.25) is 4.79 Å². The number of fused-ring (bicyclic) bond motifs is 1. The van der Waals surface area contributed by atoms with Gasteiger partial charge in [0.2, 0.25) is 5.91 Å². The van der Waals surface area contributed by atoms with E-state index < -0.39 is 0 Å². The minimum atomic E-state index is 0.304. The van der Waals surface area contributed by atoms with Gasteiger partial charge in [-0.05, 0) is 13.0 Å². The lowest BCUT2D eigenvalue weighted by molar-refractivity contribution is -0.131. The third kappa shape index (κ3) is 2.76. The zero-order chi connectivity index (χ0) is 12.3. The second-order valence-electron chi connectivity index (χ2n) is 5.22. The van der Waals surface area contributed by atoms with Crippen LogP contribution in [0.4, 0.5) is 0 Å². The lowest BCUT2D eigenvalue weighted by atomic mass is 10.0. The topological polar surface area (TPSA) is 23.6 Å². The number of nitrogens with zero attached hydrogens (tertiary/aromatic N) is 2. The third-order valence-electron chi connectivity index (χ3n) is 3.29. The summed E-state index contributed by atoms with van der Waals surface area (Å²) >= 11 is 0. The van der Waals surface area contributed by atoms with E-state index in [1.165, 1.54) is 0 Å². The highest BCUT2D eigenvalue weighted by Crippen LogP contribution is 2.31. The number of carbonyl (C=O) groups is 1. The van der Waals surface area contributed by atoms with Crippen LogP contribution < -0.4 is 0 Å². The first-order valence-electron chi connectivity index (χ1n) is 6.55. The maximum absolute atomic E-state index is 12.0. The lowest BCUT2D eigenvalue weighted by Crippen LogP contribution is -2.34. The van der Waals surface area contributed by atoms with Crippen molar-refractivity contribution >= 4 is 5.91 Å². The molecule has 2 aliphatic rings. The number of amides is 1. The van der Waals surface area contributed by atoms with Crippen molar-refractivity contribution in [2.75, 3.05) is 33.2 Å². The molecule has 0 N–H and O–H groups in total. The molecule has 16 heavy (non-hydrogen) atoms. The van der Waals surface area contributed by atoms with Crippen molar-refractivity contribution in [3.63, 3.8) is 0 Å². The van der Waals surface area contributed by atoms with Crippen molar-refractivity contribution < 1.29 is 4.79 Å². The van der Waals surface area contributed by atoms with Crippen LogP contribution in [0, 0.1) is 17.8 Å². The molecule has 3 heteroatoms. The van der Waals surface area contributed by atoms with Crippen molar-refractivity contribution in [1.82, 2.24) is 9.80 Å². The minimum Gasteiger partial charge on any atom is -0.342 e. The molecule has 2 atom stereocenters. The SMILES string of the molecule is CC.CC(C)CN1C[C@@H]2CN(C)C[C@@H]2C1=O. The zero-order valence-corrected chi connectivity index (χ0v) is 11.4. The monoisotopic (exact) mass is 226 g/mol. The van der Waals surface area contributed by atoms with Gasteiger partial charge in [0.25, 0.3) is 0 Å². The van der Waals surface area contributed by atoms with Gasteiger partial charge in [0.1, 0.15) is 0 Å². The van der Waals surface area contributed by atoms with Crippen LogP contribution in [0.5, 0.6) is 0 Å². The molecule has 2 saturated heterocycles. The predicted octanol–water partition coefficient (Wildman–Crippen LogP) is 1.69. The molecular weight excluding hydrogens is 200 g/mol. The van der Waals surface area contributed by atoms with Crippen LogP contribution >= 0.6 is 0 Å². The van der Waals surface area contributed by atoms with E-state index >= 15 is 0 Å². The van der Waals surface area contributed by atoms with Gasteiger partial charge in [0.05, 0.1) is 5.92 Å². The maximum atomic E-state index is 12.0. The molecule has 0 aromatic rings. The molecule has 0 unspecified atom stereocenters. The van der Waals surface area contributed by atoms with Crippen LogP contribution in [0.15, 0.2) is 0 Å². The van der Waals surface area contributed by atoms with E-state index in [-0.39, 0.29) is 0 Å². The van der Waals surface area contributed by atoms with E-state index in [0.717, 1.165) is 26.2 Å². The first kappa shape index (κ1) is 13.5. The van der Waals surface area contributed by atoms with Gasteiger partial charge in [-0.2, -0.15) is 0 Å². The normalized spacial score (nSPS) is 29.4. The smallest absolute Gasteiger partial charge is 0.227 e. The molecule has 0 aromatic heterocycles. The van der Waals surface area contributed by atoms with Crippen LogP contribution in [0.25, 0.3) is 0 Å². The van der Waals surface area contributed by atoms with Crippen LogP contribution in [0.2, 0.25) is 0 Å². The van der Waals surface area contributed by atoms with Gasteiger partial charge in [-0.25, -0.2) is 0 Å². The van der Waals surface area contributed by atoms with Crippen molar-refractivity contribution in [1.29, 1.82) is 0 Å². The van der Waals surface area contributed by atoms with Gasteiger partial charge >= 0.3 is 0 Å². The van der Waals surface area contributed by atoms with Gasteiger partial charge in [0.15, 0.2) is 0 Å². The first-order valence-corrected chi connectivity index (χ1v) is 6.55. The molecular formula is C13H26N2O. The fourth-order valence-corrected chi connectivity index (χ4v) is 2.76. The summed E-state index contributed by atoms with van der Waals surface area (Å²) in [5.74, 6) is 1.90. The van der Waals surface area contributed by atoms with E-state index in [1.807, 2.05) is 13.8 Å². The molecule has 1 amide bonds. The predicted molar refractivity (Wildman–Crippen MR) is 67.2 cm³/mol. The van der Waals surface area contributed by atoms with Gasteiger partial charge in [-0.15, -0.1) is 0 Å². The molecule has 0 radical (unpaired) electrons. The Hall–Kier alpha value is -0.570. The Balaban J connectivity index is 0.000000606. The molecule has 0 bridgehead atoms. The molecule has 0 aromatic carbocycles.